The Morgan fingerprint density at radius 2 is 2.00 bits per heavy atom. The van der Waals surface area contributed by atoms with Crippen molar-refractivity contribution in [2.45, 2.75) is 37.0 Å². The first kappa shape index (κ1) is 23.5. The molecule has 2 aromatic heterocycles. The summed E-state index contributed by atoms with van der Waals surface area (Å²) in [7, 11) is 2.08. The number of carbonyl (C=O) groups excluding carboxylic acids is 1. The Kier molecular flexibility index (Phi) is 7.68. The first-order valence-corrected chi connectivity index (χ1v) is 11.5. The minimum atomic E-state index is -0.796. The molecule has 1 unspecified atom stereocenters. The lowest BCUT2D eigenvalue weighted by Gasteiger charge is -2.25. The number of aromatic nitrogens is 2. The van der Waals surface area contributed by atoms with Crippen LogP contribution in [0.4, 0.5) is 5.82 Å². The van der Waals surface area contributed by atoms with E-state index >= 15 is 0 Å². The molecule has 8 nitrogen and oxygen atoms in total. The molecule has 0 bridgehead atoms. The number of anilines is 1. The minimum absolute atomic E-state index is 0.323. The maximum absolute atomic E-state index is 12.3. The third-order valence-corrected chi connectivity index (χ3v) is 6.77. The van der Waals surface area contributed by atoms with Gasteiger partial charge in [0.2, 0.25) is 5.91 Å². The monoisotopic (exact) mass is 449 g/mol. The van der Waals surface area contributed by atoms with E-state index in [2.05, 4.69) is 34.0 Å². The Bertz CT molecular complexity index is 1090. The number of primary amides is 1. The van der Waals surface area contributed by atoms with Crippen LogP contribution in [0.5, 0.6) is 0 Å². The number of hydrogen-bond donors (Lipinski definition) is 1. The van der Waals surface area contributed by atoms with Gasteiger partial charge < -0.3 is 15.5 Å². The van der Waals surface area contributed by atoms with E-state index in [9.17, 15) is 15.3 Å². The van der Waals surface area contributed by atoms with Gasteiger partial charge in [-0.15, -0.1) is 0 Å². The van der Waals surface area contributed by atoms with Crippen molar-refractivity contribution < 1.29 is 4.79 Å². The van der Waals surface area contributed by atoms with E-state index in [0.29, 0.717) is 39.6 Å². The van der Waals surface area contributed by atoms with Crippen molar-refractivity contribution >= 4 is 23.5 Å². The number of likely N-dealkylation sites (N-methyl/N-ethyl adjacent to an activating group) is 1. The second kappa shape index (κ2) is 10.4. The van der Waals surface area contributed by atoms with E-state index in [-0.39, 0.29) is 0 Å². The zero-order valence-corrected chi connectivity index (χ0v) is 19.4. The zero-order valence-electron chi connectivity index (χ0n) is 18.6. The number of nitrogens with two attached hydrogens (primary N) is 1. The van der Waals surface area contributed by atoms with E-state index in [1.54, 1.807) is 6.20 Å². The van der Waals surface area contributed by atoms with E-state index in [1.807, 2.05) is 26.0 Å². The molecule has 2 N–H and O–H groups in total. The standard InChI is InChI=1S/C23H27N7OS/c1-4-16-17(13-24)22(30-9-5-8-29(3)10-11-30)28-23(18(16)14-25)32-20(21(26)31)19-12-15(2)6-7-27-19/h6-7,12,20H,4-5,8-11H2,1-3H3,(H2,26,31). The molecule has 0 spiro atoms. The lowest BCUT2D eigenvalue weighted by atomic mass is 10.0. The molecule has 3 heterocycles. The summed E-state index contributed by atoms with van der Waals surface area (Å²) in [6.07, 6.45) is 3.09. The second-order valence-corrected chi connectivity index (χ2v) is 8.94. The van der Waals surface area contributed by atoms with Gasteiger partial charge in [-0.1, -0.05) is 18.7 Å². The summed E-state index contributed by atoms with van der Waals surface area (Å²) < 4.78 is 0. The smallest absolute Gasteiger partial charge is 0.237 e. The van der Waals surface area contributed by atoms with E-state index < -0.39 is 11.2 Å². The molecular weight excluding hydrogens is 422 g/mol. The maximum atomic E-state index is 12.3. The minimum Gasteiger partial charge on any atom is -0.368 e. The first-order chi connectivity index (χ1) is 15.4. The van der Waals surface area contributed by atoms with Crippen LogP contribution in [0.2, 0.25) is 0 Å². The Morgan fingerprint density at radius 3 is 2.62 bits per heavy atom. The molecule has 0 radical (unpaired) electrons. The molecule has 1 fully saturated rings. The molecule has 0 aliphatic carbocycles. The van der Waals surface area contributed by atoms with Crippen molar-refractivity contribution in [1.29, 1.82) is 10.5 Å². The summed E-state index contributed by atoms with van der Waals surface area (Å²) >= 11 is 1.13. The van der Waals surface area contributed by atoms with E-state index in [0.717, 1.165) is 49.9 Å². The normalized spacial score (nSPS) is 15.5. The molecule has 32 heavy (non-hydrogen) atoms. The average Bonchev–Trinajstić information content (AvgIpc) is 3.00. The van der Waals surface area contributed by atoms with Gasteiger partial charge in [-0.25, -0.2) is 4.98 Å². The largest absolute Gasteiger partial charge is 0.368 e. The number of aryl methyl sites for hydroxylation is 1. The summed E-state index contributed by atoms with van der Waals surface area (Å²) in [6, 6.07) is 8.15. The van der Waals surface area contributed by atoms with Gasteiger partial charge in [-0.2, -0.15) is 10.5 Å². The van der Waals surface area contributed by atoms with Crippen molar-refractivity contribution in [3.05, 3.63) is 46.3 Å². The highest BCUT2D eigenvalue weighted by molar-refractivity contribution is 8.00. The van der Waals surface area contributed by atoms with Crippen molar-refractivity contribution in [3.63, 3.8) is 0 Å². The van der Waals surface area contributed by atoms with Crippen molar-refractivity contribution in [2.24, 2.45) is 5.73 Å². The SMILES string of the molecule is CCc1c(C#N)c(SC(C(N)=O)c2cc(C)ccn2)nc(N2CCCN(C)CC2)c1C#N. The lowest BCUT2D eigenvalue weighted by molar-refractivity contribution is -0.117. The van der Waals surface area contributed by atoms with Crippen LogP contribution >= 0.6 is 11.8 Å². The molecule has 1 saturated heterocycles. The van der Waals surface area contributed by atoms with E-state index in [4.69, 9.17) is 10.7 Å². The highest BCUT2D eigenvalue weighted by atomic mass is 32.2. The molecule has 9 heteroatoms. The highest BCUT2D eigenvalue weighted by Gasteiger charge is 2.28. The molecule has 166 valence electrons. The van der Waals surface area contributed by atoms with Gasteiger partial charge in [0.15, 0.2) is 0 Å². The number of thioether (sulfide) groups is 1. The molecule has 0 aromatic carbocycles. The van der Waals surface area contributed by atoms with Crippen LogP contribution in [0.25, 0.3) is 0 Å². The number of rotatable bonds is 6. The lowest BCUT2D eigenvalue weighted by Crippen LogP contribution is -2.30. The number of hydrogen-bond acceptors (Lipinski definition) is 8. The van der Waals surface area contributed by atoms with Crippen LogP contribution in [0.3, 0.4) is 0 Å². The Hall–Kier alpha value is -3.14. The fraction of sp³-hybridized carbons (Fsp3) is 0.435. The van der Waals surface area contributed by atoms with Crippen LogP contribution in [0.15, 0.2) is 23.4 Å². The third-order valence-electron chi connectivity index (χ3n) is 5.54. The molecule has 1 aliphatic rings. The number of nitriles is 2. The highest BCUT2D eigenvalue weighted by Crippen LogP contribution is 2.39. The van der Waals surface area contributed by atoms with Gasteiger partial charge >= 0.3 is 0 Å². The van der Waals surface area contributed by atoms with Crippen LogP contribution in [-0.2, 0) is 11.2 Å². The summed E-state index contributed by atoms with van der Waals surface area (Å²) in [6.45, 7) is 7.16. The fourth-order valence-corrected chi connectivity index (χ4v) is 4.85. The Labute approximate surface area is 193 Å². The van der Waals surface area contributed by atoms with Crippen LogP contribution in [0.1, 0.15) is 46.5 Å². The van der Waals surface area contributed by atoms with Gasteiger partial charge in [0.25, 0.3) is 0 Å². The van der Waals surface area contributed by atoms with Crippen LogP contribution in [0, 0.1) is 29.6 Å². The quantitative estimate of drug-likeness (QED) is 0.668. The third kappa shape index (κ3) is 5.01. The first-order valence-electron chi connectivity index (χ1n) is 10.6. The molecule has 1 aliphatic heterocycles. The number of pyridine rings is 2. The predicted molar refractivity (Wildman–Crippen MR) is 124 cm³/mol. The summed E-state index contributed by atoms with van der Waals surface area (Å²) in [5.41, 5.74) is 8.61. The van der Waals surface area contributed by atoms with Crippen LogP contribution < -0.4 is 10.6 Å². The predicted octanol–water partition coefficient (Wildman–Crippen LogP) is 2.55. The summed E-state index contributed by atoms with van der Waals surface area (Å²) in [4.78, 5) is 25.8. The summed E-state index contributed by atoms with van der Waals surface area (Å²) in [5, 5.41) is 19.5. The summed E-state index contributed by atoms with van der Waals surface area (Å²) in [5.74, 6) is 0.0146. The molecule has 1 atom stereocenters. The zero-order chi connectivity index (χ0) is 23.3. The van der Waals surface area contributed by atoms with Crippen molar-refractivity contribution in [3.8, 4) is 12.1 Å². The topological polar surface area (TPSA) is 123 Å². The second-order valence-electron chi connectivity index (χ2n) is 7.85. The molecular formula is C23H27N7OS. The van der Waals surface area contributed by atoms with Crippen molar-refractivity contribution in [2.75, 3.05) is 38.1 Å². The molecule has 0 saturated carbocycles. The average molecular weight is 450 g/mol. The maximum Gasteiger partial charge on any atom is 0.237 e. The fourth-order valence-electron chi connectivity index (χ4n) is 3.83. The Balaban J connectivity index is 2.13. The van der Waals surface area contributed by atoms with Gasteiger partial charge in [0, 0.05) is 25.8 Å². The number of amides is 1. The molecule has 1 amide bonds. The van der Waals surface area contributed by atoms with Gasteiger partial charge in [-0.05, 0) is 56.6 Å². The molecule has 2 aromatic rings. The van der Waals surface area contributed by atoms with Gasteiger partial charge in [0.1, 0.15) is 28.2 Å². The van der Waals surface area contributed by atoms with E-state index in [1.165, 1.54) is 0 Å². The van der Waals surface area contributed by atoms with Crippen molar-refractivity contribution in [1.82, 2.24) is 14.9 Å². The number of carbonyl (C=O) groups is 1. The van der Waals surface area contributed by atoms with Crippen LogP contribution in [-0.4, -0.2) is 54.0 Å². The number of nitrogens with zero attached hydrogens (tertiary/aromatic N) is 6. The molecule has 3 rings (SSSR count). The van der Waals surface area contributed by atoms with Gasteiger partial charge in [-0.3, -0.25) is 9.78 Å². The van der Waals surface area contributed by atoms with Gasteiger partial charge in [0.05, 0.1) is 16.8 Å². The Morgan fingerprint density at radius 1 is 1.25 bits per heavy atom.